The van der Waals surface area contributed by atoms with Crippen LogP contribution in [0.4, 0.5) is 0 Å². The van der Waals surface area contributed by atoms with Crippen LogP contribution < -0.4 is 14.8 Å². The van der Waals surface area contributed by atoms with Gasteiger partial charge in [0.1, 0.15) is 0 Å². The molecular formula is C16H25ClN2O2. The number of benzene rings is 1. The van der Waals surface area contributed by atoms with Crippen molar-refractivity contribution in [3.05, 3.63) is 22.7 Å². The standard InChI is InChI=1S/C16H25ClN2O2/c1-4-19(13-6-7-13)10-9-18-11-12-5-8-14(20-2)16(21-3)15(12)17/h5,8,13,18H,4,6-7,9-11H2,1-3H3. The molecular weight excluding hydrogens is 288 g/mol. The third-order valence-electron chi connectivity index (χ3n) is 3.93. The van der Waals surface area contributed by atoms with Gasteiger partial charge in [0.25, 0.3) is 0 Å². The Balaban J connectivity index is 1.85. The molecule has 0 saturated heterocycles. The number of nitrogens with one attached hydrogen (secondary N) is 1. The fourth-order valence-corrected chi connectivity index (χ4v) is 2.85. The molecule has 0 aliphatic heterocycles. The molecule has 1 fully saturated rings. The molecule has 118 valence electrons. The van der Waals surface area contributed by atoms with Gasteiger partial charge in [-0.15, -0.1) is 0 Å². The number of ether oxygens (including phenoxy) is 2. The Hall–Kier alpha value is -0.970. The largest absolute Gasteiger partial charge is 0.493 e. The van der Waals surface area contributed by atoms with Gasteiger partial charge in [-0.2, -0.15) is 0 Å². The minimum absolute atomic E-state index is 0.603. The van der Waals surface area contributed by atoms with E-state index in [1.54, 1.807) is 14.2 Å². The summed E-state index contributed by atoms with van der Waals surface area (Å²) in [5.74, 6) is 1.27. The van der Waals surface area contributed by atoms with Crippen molar-refractivity contribution in [3.8, 4) is 11.5 Å². The molecule has 0 bridgehead atoms. The van der Waals surface area contributed by atoms with Crippen molar-refractivity contribution >= 4 is 11.6 Å². The predicted molar refractivity (Wildman–Crippen MR) is 86.5 cm³/mol. The first-order valence-corrected chi connectivity index (χ1v) is 7.93. The van der Waals surface area contributed by atoms with Gasteiger partial charge in [0.15, 0.2) is 11.5 Å². The summed E-state index contributed by atoms with van der Waals surface area (Å²) >= 11 is 6.37. The third-order valence-corrected chi connectivity index (χ3v) is 4.34. The van der Waals surface area contributed by atoms with Crippen LogP contribution in [0.3, 0.4) is 0 Å². The molecule has 2 rings (SSSR count). The Morgan fingerprint density at radius 1 is 1.29 bits per heavy atom. The van der Waals surface area contributed by atoms with E-state index in [1.807, 2.05) is 12.1 Å². The molecule has 0 atom stereocenters. The van der Waals surface area contributed by atoms with Crippen LogP contribution in [0.5, 0.6) is 11.5 Å². The molecule has 0 unspecified atom stereocenters. The topological polar surface area (TPSA) is 33.7 Å². The van der Waals surface area contributed by atoms with Gasteiger partial charge in [-0.1, -0.05) is 24.6 Å². The molecule has 0 aromatic heterocycles. The zero-order valence-electron chi connectivity index (χ0n) is 13.1. The zero-order valence-corrected chi connectivity index (χ0v) is 13.9. The fraction of sp³-hybridized carbons (Fsp3) is 0.625. The highest BCUT2D eigenvalue weighted by atomic mass is 35.5. The molecule has 1 saturated carbocycles. The van der Waals surface area contributed by atoms with E-state index in [4.69, 9.17) is 21.1 Å². The van der Waals surface area contributed by atoms with Crippen molar-refractivity contribution in [1.82, 2.24) is 10.2 Å². The van der Waals surface area contributed by atoms with Crippen molar-refractivity contribution < 1.29 is 9.47 Å². The van der Waals surface area contributed by atoms with Crippen LogP contribution >= 0.6 is 11.6 Å². The van der Waals surface area contributed by atoms with E-state index in [1.165, 1.54) is 12.8 Å². The molecule has 1 aliphatic rings. The molecule has 0 heterocycles. The highest BCUT2D eigenvalue weighted by molar-refractivity contribution is 6.33. The molecule has 1 aromatic carbocycles. The first-order valence-electron chi connectivity index (χ1n) is 7.55. The highest BCUT2D eigenvalue weighted by Crippen LogP contribution is 2.37. The van der Waals surface area contributed by atoms with Crippen LogP contribution in [0.1, 0.15) is 25.3 Å². The molecule has 1 N–H and O–H groups in total. The molecule has 1 aromatic rings. The Morgan fingerprint density at radius 2 is 2.05 bits per heavy atom. The van der Waals surface area contributed by atoms with E-state index < -0.39 is 0 Å². The molecule has 4 nitrogen and oxygen atoms in total. The first kappa shape index (κ1) is 16.4. The van der Waals surface area contributed by atoms with E-state index >= 15 is 0 Å². The van der Waals surface area contributed by atoms with Gasteiger partial charge in [0.2, 0.25) is 0 Å². The average Bonchev–Trinajstić information content (AvgIpc) is 3.33. The van der Waals surface area contributed by atoms with E-state index in [0.29, 0.717) is 16.5 Å². The number of nitrogens with zero attached hydrogens (tertiary/aromatic N) is 1. The van der Waals surface area contributed by atoms with Gasteiger partial charge in [-0.3, -0.25) is 4.90 Å². The summed E-state index contributed by atoms with van der Waals surface area (Å²) in [4.78, 5) is 2.53. The van der Waals surface area contributed by atoms with Gasteiger partial charge >= 0.3 is 0 Å². The number of methoxy groups -OCH3 is 2. The van der Waals surface area contributed by atoms with Gasteiger partial charge in [0.05, 0.1) is 19.2 Å². The minimum atomic E-state index is 0.603. The Bertz CT molecular complexity index is 464. The number of halogens is 1. The van der Waals surface area contributed by atoms with Crippen LogP contribution in [0.25, 0.3) is 0 Å². The Labute approximate surface area is 132 Å². The predicted octanol–water partition coefficient (Wildman–Crippen LogP) is 2.93. The number of likely N-dealkylation sites (N-methyl/N-ethyl adjacent to an activating group) is 1. The van der Waals surface area contributed by atoms with Crippen molar-refractivity contribution in [2.75, 3.05) is 33.9 Å². The van der Waals surface area contributed by atoms with Crippen molar-refractivity contribution in [2.24, 2.45) is 0 Å². The van der Waals surface area contributed by atoms with Crippen LogP contribution in [0.15, 0.2) is 12.1 Å². The summed E-state index contributed by atoms with van der Waals surface area (Å²) in [6.07, 6.45) is 2.71. The van der Waals surface area contributed by atoms with Crippen LogP contribution in [0, 0.1) is 0 Å². The molecule has 0 spiro atoms. The monoisotopic (exact) mass is 312 g/mol. The van der Waals surface area contributed by atoms with Crippen LogP contribution in [-0.4, -0.2) is 44.8 Å². The fourth-order valence-electron chi connectivity index (χ4n) is 2.55. The summed E-state index contributed by atoms with van der Waals surface area (Å²) in [5.41, 5.74) is 1.03. The SMILES string of the molecule is CCN(CCNCc1ccc(OC)c(OC)c1Cl)C1CC1. The van der Waals surface area contributed by atoms with Crippen LogP contribution in [0.2, 0.25) is 5.02 Å². The quantitative estimate of drug-likeness (QED) is 0.711. The average molecular weight is 313 g/mol. The summed E-state index contributed by atoms with van der Waals surface area (Å²) in [7, 11) is 3.22. The van der Waals surface area contributed by atoms with E-state index in [-0.39, 0.29) is 0 Å². The minimum Gasteiger partial charge on any atom is -0.493 e. The summed E-state index contributed by atoms with van der Waals surface area (Å²) < 4.78 is 10.6. The second-order valence-corrected chi connectivity index (χ2v) is 5.69. The van der Waals surface area contributed by atoms with Gasteiger partial charge < -0.3 is 14.8 Å². The van der Waals surface area contributed by atoms with Gasteiger partial charge in [-0.05, 0) is 31.0 Å². The lowest BCUT2D eigenvalue weighted by molar-refractivity contribution is 0.277. The normalized spacial score (nSPS) is 14.5. The Morgan fingerprint density at radius 3 is 2.62 bits per heavy atom. The van der Waals surface area contributed by atoms with E-state index in [2.05, 4.69) is 17.1 Å². The maximum atomic E-state index is 6.37. The zero-order chi connectivity index (χ0) is 15.2. The molecule has 21 heavy (non-hydrogen) atoms. The first-order chi connectivity index (χ1) is 10.2. The summed E-state index contributed by atoms with van der Waals surface area (Å²) in [6, 6.07) is 4.70. The molecule has 0 amide bonds. The number of hydrogen-bond donors (Lipinski definition) is 1. The third kappa shape index (κ3) is 4.25. The maximum absolute atomic E-state index is 6.37. The van der Waals surface area contributed by atoms with Crippen LogP contribution in [-0.2, 0) is 6.54 Å². The van der Waals surface area contributed by atoms with Crippen molar-refractivity contribution in [2.45, 2.75) is 32.4 Å². The second-order valence-electron chi connectivity index (χ2n) is 5.31. The lowest BCUT2D eigenvalue weighted by atomic mass is 10.2. The Kier molecular flexibility index (Phi) is 6.15. The highest BCUT2D eigenvalue weighted by Gasteiger charge is 2.27. The molecule has 5 heteroatoms. The van der Waals surface area contributed by atoms with E-state index in [0.717, 1.165) is 37.8 Å². The van der Waals surface area contributed by atoms with Gasteiger partial charge in [-0.25, -0.2) is 0 Å². The summed E-state index contributed by atoms with van der Waals surface area (Å²) in [6.45, 7) is 6.15. The molecule has 0 radical (unpaired) electrons. The maximum Gasteiger partial charge on any atom is 0.179 e. The number of rotatable bonds is 9. The van der Waals surface area contributed by atoms with Crippen molar-refractivity contribution in [1.29, 1.82) is 0 Å². The lowest BCUT2D eigenvalue weighted by Crippen LogP contribution is -2.33. The number of hydrogen-bond acceptors (Lipinski definition) is 4. The van der Waals surface area contributed by atoms with Gasteiger partial charge in [0, 0.05) is 25.7 Å². The van der Waals surface area contributed by atoms with Crippen molar-refractivity contribution in [3.63, 3.8) is 0 Å². The molecule has 1 aliphatic carbocycles. The lowest BCUT2D eigenvalue weighted by Gasteiger charge is -2.20. The second kappa shape index (κ2) is 7.87. The summed E-state index contributed by atoms with van der Waals surface area (Å²) in [5, 5.41) is 4.08. The smallest absolute Gasteiger partial charge is 0.179 e. The van der Waals surface area contributed by atoms with E-state index in [9.17, 15) is 0 Å².